The molecule has 0 N–H and O–H groups in total. The summed E-state index contributed by atoms with van der Waals surface area (Å²) < 4.78 is 4.65. The molecule has 3 rings (SSSR count). The number of hydrogen-bond donors (Lipinski definition) is 0. The number of rotatable bonds is 3. The number of carbonyl (C=O) groups is 1. The summed E-state index contributed by atoms with van der Waals surface area (Å²) in [7, 11) is 0. The molecule has 7 heteroatoms. The van der Waals surface area contributed by atoms with Gasteiger partial charge >= 0.3 is 0 Å². The van der Waals surface area contributed by atoms with Gasteiger partial charge in [0.15, 0.2) is 0 Å². The van der Waals surface area contributed by atoms with Crippen LogP contribution >= 0.6 is 11.3 Å². The standard InChI is InChI=1S/C13H16N4O2S/c1-9-10(16-19-15-9)8-12(18)17-6-3-2-4-11(17)13-14-5-7-20-13/h5,7,11H,2-4,6,8H2,1H3/t11-/m1/s1. The molecule has 1 aliphatic rings. The third-order valence-corrected chi connectivity index (χ3v) is 4.50. The highest BCUT2D eigenvalue weighted by Crippen LogP contribution is 2.32. The van der Waals surface area contributed by atoms with E-state index in [0.717, 1.165) is 30.8 Å². The van der Waals surface area contributed by atoms with Crippen molar-refractivity contribution in [2.24, 2.45) is 0 Å². The van der Waals surface area contributed by atoms with Gasteiger partial charge in [-0.3, -0.25) is 4.79 Å². The first-order valence-electron chi connectivity index (χ1n) is 6.72. The highest BCUT2D eigenvalue weighted by molar-refractivity contribution is 7.09. The van der Waals surface area contributed by atoms with Gasteiger partial charge in [0.2, 0.25) is 5.91 Å². The first-order valence-corrected chi connectivity index (χ1v) is 7.60. The molecule has 20 heavy (non-hydrogen) atoms. The van der Waals surface area contributed by atoms with Crippen LogP contribution in [-0.2, 0) is 11.2 Å². The lowest BCUT2D eigenvalue weighted by Gasteiger charge is -2.34. The molecule has 0 radical (unpaired) electrons. The molecule has 1 amide bonds. The van der Waals surface area contributed by atoms with Crippen molar-refractivity contribution in [3.8, 4) is 0 Å². The zero-order valence-electron chi connectivity index (χ0n) is 11.3. The Kier molecular flexibility index (Phi) is 3.77. The minimum Gasteiger partial charge on any atom is -0.333 e. The van der Waals surface area contributed by atoms with Gasteiger partial charge in [-0.25, -0.2) is 9.61 Å². The van der Waals surface area contributed by atoms with E-state index in [9.17, 15) is 4.79 Å². The summed E-state index contributed by atoms with van der Waals surface area (Å²) in [5.74, 6) is 0.0729. The monoisotopic (exact) mass is 292 g/mol. The number of thiazole rings is 1. The van der Waals surface area contributed by atoms with Gasteiger partial charge in [0.05, 0.1) is 12.5 Å². The average Bonchev–Trinajstić information content (AvgIpc) is 3.11. The van der Waals surface area contributed by atoms with Crippen LogP contribution in [0.3, 0.4) is 0 Å². The van der Waals surface area contributed by atoms with Crippen molar-refractivity contribution in [2.45, 2.75) is 38.6 Å². The molecular weight excluding hydrogens is 276 g/mol. The topological polar surface area (TPSA) is 72.1 Å². The number of nitrogens with zero attached hydrogens (tertiary/aromatic N) is 4. The van der Waals surface area contributed by atoms with Crippen molar-refractivity contribution >= 4 is 17.2 Å². The molecule has 0 bridgehead atoms. The molecule has 0 unspecified atom stereocenters. The van der Waals surface area contributed by atoms with Crippen LogP contribution in [0.5, 0.6) is 0 Å². The second-order valence-electron chi connectivity index (χ2n) is 4.94. The van der Waals surface area contributed by atoms with Crippen molar-refractivity contribution in [3.05, 3.63) is 28.0 Å². The van der Waals surface area contributed by atoms with Gasteiger partial charge in [-0.05, 0) is 26.2 Å². The molecule has 2 aromatic heterocycles. The second kappa shape index (κ2) is 5.70. The third kappa shape index (κ3) is 2.58. The summed E-state index contributed by atoms with van der Waals surface area (Å²) in [4.78, 5) is 18.8. The molecule has 6 nitrogen and oxygen atoms in total. The maximum atomic E-state index is 12.5. The number of carbonyl (C=O) groups excluding carboxylic acids is 1. The van der Waals surface area contributed by atoms with Crippen LogP contribution in [-0.4, -0.2) is 32.6 Å². The van der Waals surface area contributed by atoms with Crippen molar-refractivity contribution in [2.75, 3.05) is 6.54 Å². The van der Waals surface area contributed by atoms with Gasteiger partial charge in [-0.2, -0.15) is 0 Å². The molecule has 0 spiro atoms. The summed E-state index contributed by atoms with van der Waals surface area (Å²) >= 11 is 1.61. The Labute approximate surface area is 120 Å². The number of aryl methyl sites for hydroxylation is 1. The summed E-state index contributed by atoms with van der Waals surface area (Å²) in [5, 5.41) is 10.5. The minimum atomic E-state index is 0.0729. The van der Waals surface area contributed by atoms with Crippen LogP contribution in [0.2, 0.25) is 0 Å². The Morgan fingerprint density at radius 1 is 1.50 bits per heavy atom. The Morgan fingerprint density at radius 3 is 3.10 bits per heavy atom. The Morgan fingerprint density at radius 2 is 2.40 bits per heavy atom. The van der Waals surface area contributed by atoms with Crippen molar-refractivity contribution in [3.63, 3.8) is 0 Å². The van der Waals surface area contributed by atoms with E-state index >= 15 is 0 Å². The maximum Gasteiger partial charge on any atom is 0.229 e. The summed E-state index contributed by atoms with van der Waals surface area (Å²) in [5.41, 5.74) is 1.31. The SMILES string of the molecule is Cc1nonc1CC(=O)N1CCCC[C@@H]1c1nccs1. The molecule has 1 atom stereocenters. The van der Waals surface area contributed by atoms with E-state index in [1.54, 1.807) is 24.5 Å². The molecule has 106 valence electrons. The Bertz CT molecular complexity index is 581. The van der Waals surface area contributed by atoms with Gasteiger partial charge in [0.1, 0.15) is 16.4 Å². The van der Waals surface area contributed by atoms with Crippen molar-refractivity contribution in [1.29, 1.82) is 0 Å². The van der Waals surface area contributed by atoms with Gasteiger partial charge in [0.25, 0.3) is 0 Å². The molecule has 1 aliphatic heterocycles. The predicted octanol–water partition coefficient (Wildman–Crippen LogP) is 2.13. The normalized spacial score (nSPS) is 19.2. The van der Waals surface area contributed by atoms with Crippen LogP contribution in [0.4, 0.5) is 0 Å². The number of piperidine rings is 1. The summed E-state index contributed by atoms with van der Waals surface area (Å²) in [6, 6.07) is 0.108. The van der Waals surface area contributed by atoms with Gasteiger partial charge in [-0.1, -0.05) is 10.3 Å². The van der Waals surface area contributed by atoms with Gasteiger partial charge < -0.3 is 4.90 Å². The molecule has 2 aromatic rings. The predicted molar refractivity (Wildman–Crippen MR) is 73.2 cm³/mol. The quantitative estimate of drug-likeness (QED) is 0.866. The lowest BCUT2D eigenvalue weighted by atomic mass is 10.0. The Hall–Kier alpha value is -1.76. The van der Waals surface area contributed by atoms with Crippen LogP contribution in [0.1, 0.15) is 41.7 Å². The fourth-order valence-electron chi connectivity index (χ4n) is 2.54. The van der Waals surface area contributed by atoms with E-state index in [1.807, 2.05) is 10.3 Å². The van der Waals surface area contributed by atoms with E-state index < -0.39 is 0 Å². The van der Waals surface area contributed by atoms with Crippen LogP contribution in [0, 0.1) is 6.92 Å². The zero-order valence-corrected chi connectivity index (χ0v) is 12.1. The van der Waals surface area contributed by atoms with Crippen molar-refractivity contribution < 1.29 is 9.42 Å². The lowest BCUT2D eigenvalue weighted by molar-refractivity contribution is -0.134. The summed E-state index contributed by atoms with van der Waals surface area (Å²) in [6.07, 6.45) is 5.21. The minimum absolute atomic E-state index is 0.0729. The molecule has 0 saturated carbocycles. The van der Waals surface area contributed by atoms with Crippen molar-refractivity contribution in [1.82, 2.24) is 20.2 Å². The molecule has 1 saturated heterocycles. The van der Waals surface area contributed by atoms with Gasteiger partial charge in [-0.15, -0.1) is 11.3 Å². The number of amides is 1. The number of hydrogen-bond acceptors (Lipinski definition) is 6. The van der Waals surface area contributed by atoms with Crippen LogP contribution in [0.15, 0.2) is 16.2 Å². The van der Waals surface area contributed by atoms with Gasteiger partial charge in [0, 0.05) is 18.1 Å². The smallest absolute Gasteiger partial charge is 0.229 e. The third-order valence-electron chi connectivity index (χ3n) is 3.62. The first-order chi connectivity index (χ1) is 9.75. The fourth-order valence-corrected chi connectivity index (χ4v) is 3.33. The van der Waals surface area contributed by atoms with E-state index in [2.05, 4.69) is 19.9 Å². The summed E-state index contributed by atoms with van der Waals surface area (Å²) in [6.45, 7) is 2.58. The number of aromatic nitrogens is 3. The Balaban J connectivity index is 1.76. The lowest BCUT2D eigenvalue weighted by Crippen LogP contribution is -2.39. The molecule has 0 aromatic carbocycles. The molecule has 1 fully saturated rings. The van der Waals surface area contributed by atoms with E-state index in [4.69, 9.17) is 0 Å². The zero-order chi connectivity index (χ0) is 13.9. The van der Waals surface area contributed by atoms with Crippen LogP contribution in [0.25, 0.3) is 0 Å². The van der Waals surface area contributed by atoms with E-state index in [1.165, 1.54) is 0 Å². The van der Waals surface area contributed by atoms with E-state index in [-0.39, 0.29) is 18.4 Å². The largest absolute Gasteiger partial charge is 0.333 e. The fraction of sp³-hybridized carbons (Fsp3) is 0.538. The molecule has 3 heterocycles. The highest BCUT2D eigenvalue weighted by atomic mass is 32.1. The maximum absolute atomic E-state index is 12.5. The molecular formula is C13H16N4O2S. The average molecular weight is 292 g/mol. The first kappa shape index (κ1) is 13.2. The second-order valence-corrected chi connectivity index (χ2v) is 5.87. The van der Waals surface area contributed by atoms with E-state index in [0.29, 0.717) is 11.4 Å². The van der Waals surface area contributed by atoms with Crippen LogP contribution < -0.4 is 0 Å². The molecule has 0 aliphatic carbocycles. The number of likely N-dealkylation sites (tertiary alicyclic amines) is 1. The highest BCUT2D eigenvalue weighted by Gasteiger charge is 2.30.